The summed E-state index contributed by atoms with van der Waals surface area (Å²) in [5, 5.41) is 42.1. The van der Waals surface area contributed by atoms with Gasteiger partial charge in [-0.3, -0.25) is 9.79 Å². The smallest absolute Gasteiger partial charge is 0.291 e. The second kappa shape index (κ2) is 6.86. The molecule has 0 radical (unpaired) electrons. The van der Waals surface area contributed by atoms with Crippen LogP contribution in [0.25, 0.3) is 0 Å². The lowest BCUT2D eigenvalue weighted by Gasteiger charge is -2.44. The fourth-order valence-corrected chi connectivity index (χ4v) is 3.16. The Balaban J connectivity index is 1.73. The number of fused-ring (bicyclic) bond motifs is 1. The molecule has 8 nitrogen and oxygen atoms in total. The summed E-state index contributed by atoms with van der Waals surface area (Å²) >= 11 is 0. The third-order valence-electron chi connectivity index (χ3n) is 4.50. The van der Waals surface area contributed by atoms with Gasteiger partial charge in [-0.1, -0.05) is 30.3 Å². The highest BCUT2D eigenvalue weighted by atomic mass is 16.4. The Labute approximate surface area is 139 Å². The third-order valence-corrected chi connectivity index (χ3v) is 4.50. The fraction of sp³-hybridized carbons (Fsp3) is 0.500. The summed E-state index contributed by atoms with van der Waals surface area (Å²) in [4.78, 5) is 17.9. The first-order valence-corrected chi connectivity index (χ1v) is 7.87. The highest BCUT2D eigenvalue weighted by Crippen LogP contribution is 2.26. The van der Waals surface area contributed by atoms with Crippen LogP contribution in [-0.2, 0) is 11.2 Å². The maximum atomic E-state index is 12.5. The van der Waals surface area contributed by atoms with Crippen molar-refractivity contribution in [3.63, 3.8) is 0 Å². The molecule has 130 valence electrons. The van der Waals surface area contributed by atoms with Crippen molar-refractivity contribution in [2.24, 2.45) is 4.99 Å². The van der Waals surface area contributed by atoms with Crippen molar-refractivity contribution in [1.29, 1.82) is 0 Å². The number of benzene rings is 1. The van der Waals surface area contributed by atoms with Gasteiger partial charge < -0.3 is 30.6 Å². The summed E-state index contributed by atoms with van der Waals surface area (Å²) in [6.45, 7) is -0.143. The summed E-state index contributed by atoms with van der Waals surface area (Å²) in [6, 6.07) is 8.70. The molecule has 2 aliphatic heterocycles. The molecule has 1 aromatic rings. The van der Waals surface area contributed by atoms with Gasteiger partial charge in [-0.15, -0.1) is 0 Å². The van der Waals surface area contributed by atoms with E-state index in [1.165, 1.54) is 0 Å². The maximum Gasteiger partial charge on any atom is 0.291 e. The molecule has 1 amide bonds. The molecule has 8 heteroatoms. The van der Waals surface area contributed by atoms with E-state index in [1.807, 2.05) is 30.3 Å². The number of carbonyl (C=O) groups is 1. The van der Waals surface area contributed by atoms with Gasteiger partial charge in [0, 0.05) is 6.54 Å². The first-order chi connectivity index (χ1) is 11.5. The molecule has 0 saturated carbocycles. The van der Waals surface area contributed by atoms with E-state index in [-0.39, 0.29) is 5.84 Å². The number of hydrogen-bond acceptors (Lipinski definition) is 6. The van der Waals surface area contributed by atoms with E-state index in [2.05, 4.69) is 10.3 Å². The summed E-state index contributed by atoms with van der Waals surface area (Å²) < 4.78 is 0. The van der Waals surface area contributed by atoms with Crippen molar-refractivity contribution >= 4 is 11.7 Å². The second-order valence-corrected chi connectivity index (χ2v) is 5.99. The van der Waals surface area contributed by atoms with Gasteiger partial charge in [-0.05, 0) is 12.0 Å². The number of nitrogens with one attached hydrogen (secondary N) is 1. The molecule has 0 aromatic heterocycles. The van der Waals surface area contributed by atoms with Crippen LogP contribution < -0.4 is 5.32 Å². The average Bonchev–Trinajstić information content (AvgIpc) is 2.92. The number of nitrogens with zero attached hydrogens (tertiary/aromatic N) is 2. The summed E-state index contributed by atoms with van der Waals surface area (Å²) in [7, 11) is 0. The third kappa shape index (κ3) is 2.89. The molecular formula is C16H21N3O5. The number of piperidine rings is 1. The lowest BCUT2D eigenvalue weighted by atomic mass is 9.92. The van der Waals surface area contributed by atoms with Gasteiger partial charge in [0.05, 0.1) is 12.6 Å². The minimum absolute atomic E-state index is 0.0646. The van der Waals surface area contributed by atoms with Crippen LogP contribution in [0.2, 0.25) is 0 Å². The Morgan fingerprint density at radius 2 is 1.79 bits per heavy atom. The van der Waals surface area contributed by atoms with Gasteiger partial charge in [-0.2, -0.15) is 0 Å². The number of carbonyl (C=O) groups excluding carboxylic acids is 1. The molecule has 2 heterocycles. The lowest BCUT2D eigenvalue weighted by molar-refractivity contribution is -0.174. The monoisotopic (exact) mass is 335 g/mol. The van der Waals surface area contributed by atoms with Crippen LogP contribution in [0.4, 0.5) is 0 Å². The first kappa shape index (κ1) is 16.8. The standard InChI is InChI=1S/C16H21N3O5/c20-8-10-11(21)12(22)13(23)15-18-14(16(24)19(10)15)17-7-6-9-4-2-1-3-5-9/h1-5,10-13,15,20-23H,6-8H2,(H,17,18)/t10-,11-,12+,13+,15+/m1/s1. The highest BCUT2D eigenvalue weighted by molar-refractivity contribution is 6.39. The topological polar surface area (TPSA) is 126 Å². The van der Waals surface area contributed by atoms with Gasteiger partial charge in [-0.25, -0.2) is 0 Å². The van der Waals surface area contributed by atoms with Crippen molar-refractivity contribution in [3.8, 4) is 0 Å². The molecule has 0 spiro atoms. The van der Waals surface area contributed by atoms with Crippen molar-refractivity contribution in [2.75, 3.05) is 13.2 Å². The Hall–Kier alpha value is -2.00. The highest BCUT2D eigenvalue weighted by Gasteiger charge is 2.54. The predicted octanol–water partition coefficient (Wildman–Crippen LogP) is -2.16. The second-order valence-electron chi connectivity index (χ2n) is 5.99. The fourth-order valence-electron chi connectivity index (χ4n) is 3.16. The summed E-state index contributed by atoms with van der Waals surface area (Å²) in [5.74, 6) is -0.438. The van der Waals surface area contributed by atoms with Crippen molar-refractivity contribution < 1.29 is 25.2 Å². The Morgan fingerprint density at radius 3 is 2.46 bits per heavy atom. The van der Waals surface area contributed by atoms with Crippen molar-refractivity contribution in [1.82, 2.24) is 10.2 Å². The van der Waals surface area contributed by atoms with Crippen LogP contribution in [0, 0.1) is 0 Å². The van der Waals surface area contributed by atoms with Crippen molar-refractivity contribution in [2.45, 2.75) is 36.9 Å². The number of hydrogen-bond donors (Lipinski definition) is 5. The zero-order valence-electron chi connectivity index (χ0n) is 13.0. The van der Waals surface area contributed by atoms with Gasteiger partial charge in [0.25, 0.3) is 5.91 Å². The summed E-state index contributed by atoms with van der Waals surface area (Å²) in [6.07, 6.45) is -4.50. The molecule has 2 aliphatic rings. The van der Waals surface area contributed by atoms with Crippen LogP contribution in [0.3, 0.4) is 0 Å². The number of amides is 1. The predicted molar refractivity (Wildman–Crippen MR) is 85.1 cm³/mol. The Kier molecular flexibility index (Phi) is 4.81. The molecule has 2 fully saturated rings. The lowest BCUT2D eigenvalue weighted by Crippen LogP contribution is -2.68. The number of rotatable bonds is 4. The number of aliphatic hydroxyl groups is 4. The van der Waals surface area contributed by atoms with Crippen LogP contribution >= 0.6 is 0 Å². The van der Waals surface area contributed by atoms with Crippen LogP contribution in [0.15, 0.2) is 35.3 Å². The van der Waals surface area contributed by atoms with E-state index in [9.17, 15) is 25.2 Å². The minimum Gasteiger partial charge on any atom is -0.394 e. The van der Waals surface area contributed by atoms with E-state index >= 15 is 0 Å². The van der Waals surface area contributed by atoms with Gasteiger partial charge in [0.15, 0.2) is 5.84 Å². The molecule has 0 unspecified atom stereocenters. The van der Waals surface area contributed by atoms with Gasteiger partial charge in [0.1, 0.15) is 24.5 Å². The molecule has 2 saturated heterocycles. The molecule has 5 atom stereocenters. The average molecular weight is 335 g/mol. The number of aliphatic imine (C=N–C) groups is 1. The number of amidine groups is 1. The molecular weight excluding hydrogens is 314 g/mol. The molecule has 24 heavy (non-hydrogen) atoms. The summed E-state index contributed by atoms with van der Waals surface area (Å²) in [5.41, 5.74) is 1.09. The van der Waals surface area contributed by atoms with E-state index in [1.54, 1.807) is 0 Å². The van der Waals surface area contributed by atoms with E-state index in [0.29, 0.717) is 13.0 Å². The van der Waals surface area contributed by atoms with Crippen LogP contribution in [-0.4, -0.2) is 80.7 Å². The minimum atomic E-state index is -1.45. The zero-order valence-corrected chi connectivity index (χ0v) is 13.0. The van der Waals surface area contributed by atoms with Gasteiger partial charge >= 0.3 is 0 Å². The first-order valence-electron chi connectivity index (χ1n) is 7.87. The SMILES string of the molecule is O=C1C(=NCCc2ccccc2)N[C@@H]2[C@@H](O)[C@@H](O)[C@H](O)[C@@H](CO)N12. The molecule has 1 aromatic carbocycles. The van der Waals surface area contributed by atoms with Gasteiger partial charge in [0.2, 0.25) is 0 Å². The normalized spacial score (nSPS) is 34.3. The van der Waals surface area contributed by atoms with Crippen LogP contribution in [0.1, 0.15) is 5.56 Å². The number of aliphatic hydroxyl groups excluding tert-OH is 4. The molecule has 5 N–H and O–H groups in total. The zero-order chi connectivity index (χ0) is 17.3. The molecule has 3 rings (SSSR count). The van der Waals surface area contributed by atoms with Crippen LogP contribution in [0.5, 0.6) is 0 Å². The molecule has 0 aliphatic carbocycles. The van der Waals surface area contributed by atoms with E-state index in [4.69, 9.17) is 0 Å². The van der Waals surface area contributed by atoms with Crippen molar-refractivity contribution in [3.05, 3.63) is 35.9 Å². The van der Waals surface area contributed by atoms with E-state index in [0.717, 1.165) is 10.5 Å². The molecule has 0 bridgehead atoms. The quantitative estimate of drug-likeness (QED) is 0.427. The van der Waals surface area contributed by atoms with E-state index < -0.39 is 43.0 Å². The Morgan fingerprint density at radius 1 is 1.08 bits per heavy atom. The largest absolute Gasteiger partial charge is 0.394 e. The maximum absolute atomic E-state index is 12.5. The Bertz CT molecular complexity index is 623.